The molecule has 0 saturated carbocycles. The maximum atomic E-state index is 4.21. The van der Waals surface area contributed by atoms with Crippen LogP contribution in [0.15, 0.2) is 12.4 Å². The Labute approximate surface area is 93.5 Å². The summed E-state index contributed by atoms with van der Waals surface area (Å²) in [4.78, 5) is 8.36. The molecular weight excluding hydrogens is 242 g/mol. The highest BCUT2D eigenvalue weighted by atomic mass is 79.9. The van der Waals surface area contributed by atoms with Crippen molar-refractivity contribution in [1.82, 2.24) is 9.97 Å². The molecule has 0 aliphatic carbocycles. The molecule has 0 amide bonds. The minimum absolute atomic E-state index is 0.453. The minimum atomic E-state index is 0.453. The molecule has 0 radical (unpaired) electrons. The van der Waals surface area contributed by atoms with Gasteiger partial charge in [-0.3, -0.25) is 0 Å². The lowest BCUT2D eigenvalue weighted by Gasteiger charge is -2.07. The van der Waals surface area contributed by atoms with Gasteiger partial charge in [-0.25, -0.2) is 9.97 Å². The van der Waals surface area contributed by atoms with Crippen LogP contribution in [-0.2, 0) is 0 Å². The summed E-state index contributed by atoms with van der Waals surface area (Å²) in [5.41, 5.74) is 1.08. The zero-order valence-electron chi connectivity index (χ0n) is 8.63. The van der Waals surface area contributed by atoms with Crippen LogP contribution in [0, 0.1) is 0 Å². The van der Waals surface area contributed by atoms with Crippen molar-refractivity contribution < 1.29 is 0 Å². The highest BCUT2D eigenvalue weighted by molar-refractivity contribution is 9.09. The number of alkyl halides is 1. The van der Waals surface area contributed by atoms with Gasteiger partial charge in [0, 0.05) is 23.6 Å². The SMILES string of the molecule is CC(C)c1cc(NCCCBr)ncn1. The minimum Gasteiger partial charge on any atom is -0.370 e. The van der Waals surface area contributed by atoms with Crippen molar-refractivity contribution in [3.63, 3.8) is 0 Å². The topological polar surface area (TPSA) is 37.8 Å². The molecular formula is C10H16BrN3. The second kappa shape index (κ2) is 5.96. The number of rotatable bonds is 5. The number of hydrogen-bond donors (Lipinski definition) is 1. The van der Waals surface area contributed by atoms with Crippen LogP contribution in [0.4, 0.5) is 5.82 Å². The highest BCUT2D eigenvalue weighted by Gasteiger charge is 2.01. The van der Waals surface area contributed by atoms with Gasteiger partial charge in [0.1, 0.15) is 12.1 Å². The predicted molar refractivity (Wildman–Crippen MR) is 63.0 cm³/mol. The van der Waals surface area contributed by atoms with Gasteiger partial charge in [0.2, 0.25) is 0 Å². The van der Waals surface area contributed by atoms with Gasteiger partial charge in [-0.2, -0.15) is 0 Å². The smallest absolute Gasteiger partial charge is 0.129 e. The van der Waals surface area contributed by atoms with Crippen molar-refractivity contribution in [1.29, 1.82) is 0 Å². The Kier molecular flexibility index (Phi) is 4.87. The Morgan fingerprint density at radius 1 is 1.43 bits per heavy atom. The van der Waals surface area contributed by atoms with Crippen LogP contribution < -0.4 is 5.32 Å². The van der Waals surface area contributed by atoms with Crippen molar-refractivity contribution >= 4 is 21.7 Å². The largest absolute Gasteiger partial charge is 0.370 e. The second-order valence-electron chi connectivity index (χ2n) is 3.45. The van der Waals surface area contributed by atoms with Gasteiger partial charge >= 0.3 is 0 Å². The Bertz CT molecular complexity index is 276. The molecule has 3 nitrogen and oxygen atoms in total. The maximum absolute atomic E-state index is 4.21. The zero-order valence-corrected chi connectivity index (χ0v) is 10.2. The van der Waals surface area contributed by atoms with Gasteiger partial charge in [0.05, 0.1) is 0 Å². The summed E-state index contributed by atoms with van der Waals surface area (Å²) in [7, 11) is 0. The second-order valence-corrected chi connectivity index (χ2v) is 4.25. The molecule has 0 fully saturated rings. The van der Waals surface area contributed by atoms with E-state index >= 15 is 0 Å². The Morgan fingerprint density at radius 2 is 2.21 bits per heavy atom. The number of aromatic nitrogens is 2. The molecule has 1 aromatic rings. The normalized spacial score (nSPS) is 10.6. The number of hydrogen-bond acceptors (Lipinski definition) is 3. The van der Waals surface area contributed by atoms with Crippen molar-refractivity contribution in [2.45, 2.75) is 26.2 Å². The molecule has 0 saturated heterocycles. The van der Waals surface area contributed by atoms with E-state index in [-0.39, 0.29) is 0 Å². The summed E-state index contributed by atoms with van der Waals surface area (Å²) in [6, 6.07) is 2.01. The Morgan fingerprint density at radius 3 is 2.86 bits per heavy atom. The maximum Gasteiger partial charge on any atom is 0.129 e. The number of nitrogens with one attached hydrogen (secondary N) is 1. The van der Waals surface area contributed by atoms with E-state index in [1.807, 2.05) is 6.07 Å². The fourth-order valence-electron chi connectivity index (χ4n) is 1.07. The lowest BCUT2D eigenvalue weighted by atomic mass is 10.1. The molecule has 78 valence electrons. The molecule has 0 unspecified atom stereocenters. The van der Waals surface area contributed by atoms with Crippen LogP contribution in [-0.4, -0.2) is 21.8 Å². The summed E-state index contributed by atoms with van der Waals surface area (Å²) in [6.07, 6.45) is 2.72. The summed E-state index contributed by atoms with van der Waals surface area (Å²) < 4.78 is 0. The molecule has 1 N–H and O–H groups in total. The average Bonchev–Trinajstić information content (AvgIpc) is 2.19. The summed E-state index contributed by atoms with van der Waals surface area (Å²) in [5.74, 6) is 1.37. The molecule has 14 heavy (non-hydrogen) atoms. The van der Waals surface area contributed by atoms with Gasteiger partial charge in [-0.1, -0.05) is 29.8 Å². The van der Waals surface area contributed by atoms with Crippen LogP contribution in [0.2, 0.25) is 0 Å². The summed E-state index contributed by atoms with van der Waals surface area (Å²) in [5, 5.41) is 4.28. The third-order valence-corrected chi connectivity index (χ3v) is 2.46. The van der Waals surface area contributed by atoms with Gasteiger partial charge in [-0.15, -0.1) is 0 Å². The van der Waals surface area contributed by atoms with Crippen molar-refractivity contribution in [2.24, 2.45) is 0 Å². The van der Waals surface area contributed by atoms with E-state index in [4.69, 9.17) is 0 Å². The van der Waals surface area contributed by atoms with Crippen LogP contribution in [0.1, 0.15) is 31.9 Å². The van der Waals surface area contributed by atoms with E-state index in [0.717, 1.165) is 29.8 Å². The molecule has 0 bridgehead atoms. The van der Waals surface area contributed by atoms with Crippen LogP contribution in [0.25, 0.3) is 0 Å². The van der Waals surface area contributed by atoms with E-state index in [1.54, 1.807) is 6.33 Å². The number of anilines is 1. The zero-order chi connectivity index (χ0) is 10.4. The van der Waals surface area contributed by atoms with Crippen LogP contribution in [0.3, 0.4) is 0 Å². The monoisotopic (exact) mass is 257 g/mol. The van der Waals surface area contributed by atoms with Crippen LogP contribution >= 0.6 is 15.9 Å². The number of halogens is 1. The molecule has 0 atom stereocenters. The van der Waals surface area contributed by atoms with Gasteiger partial charge < -0.3 is 5.32 Å². The van der Waals surface area contributed by atoms with Crippen LogP contribution in [0.5, 0.6) is 0 Å². The lowest BCUT2D eigenvalue weighted by molar-refractivity contribution is 0.813. The molecule has 4 heteroatoms. The standard InChI is InChI=1S/C10H16BrN3/c1-8(2)9-6-10(14-7-13-9)12-5-3-4-11/h6-8H,3-5H2,1-2H3,(H,12,13,14). The molecule has 1 aromatic heterocycles. The highest BCUT2D eigenvalue weighted by Crippen LogP contribution is 2.13. The summed E-state index contributed by atoms with van der Waals surface area (Å²) in [6.45, 7) is 5.20. The Hall–Kier alpha value is -0.640. The molecule has 0 spiro atoms. The first-order valence-electron chi connectivity index (χ1n) is 4.86. The van der Waals surface area contributed by atoms with Crippen molar-refractivity contribution in [3.8, 4) is 0 Å². The summed E-state index contributed by atoms with van der Waals surface area (Å²) >= 11 is 3.39. The molecule has 0 aromatic carbocycles. The van der Waals surface area contributed by atoms with Crippen molar-refractivity contribution in [3.05, 3.63) is 18.1 Å². The first-order valence-corrected chi connectivity index (χ1v) is 5.98. The van der Waals surface area contributed by atoms with E-state index in [9.17, 15) is 0 Å². The number of nitrogens with zero attached hydrogens (tertiary/aromatic N) is 2. The lowest BCUT2D eigenvalue weighted by Crippen LogP contribution is -2.05. The molecule has 0 aliphatic rings. The van der Waals surface area contributed by atoms with Gasteiger partial charge in [-0.05, 0) is 12.3 Å². The van der Waals surface area contributed by atoms with Gasteiger partial charge in [0.25, 0.3) is 0 Å². The van der Waals surface area contributed by atoms with E-state index in [2.05, 4.69) is 45.1 Å². The first-order chi connectivity index (χ1) is 6.74. The van der Waals surface area contributed by atoms with E-state index < -0.39 is 0 Å². The average molecular weight is 258 g/mol. The molecule has 1 rings (SSSR count). The fraction of sp³-hybridized carbons (Fsp3) is 0.600. The van der Waals surface area contributed by atoms with Gasteiger partial charge in [0.15, 0.2) is 0 Å². The van der Waals surface area contributed by atoms with Crippen molar-refractivity contribution in [2.75, 3.05) is 17.2 Å². The molecule has 1 heterocycles. The Balaban J connectivity index is 2.55. The predicted octanol–water partition coefficient (Wildman–Crippen LogP) is 2.80. The third kappa shape index (κ3) is 3.62. The quantitative estimate of drug-likeness (QED) is 0.651. The third-order valence-electron chi connectivity index (χ3n) is 1.90. The molecule has 0 aliphatic heterocycles. The first kappa shape index (κ1) is 11.4. The van der Waals surface area contributed by atoms with E-state index in [0.29, 0.717) is 5.92 Å². The van der Waals surface area contributed by atoms with E-state index in [1.165, 1.54) is 0 Å². The fourth-order valence-corrected chi connectivity index (χ4v) is 1.35.